The summed E-state index contributed by atoms with van der Waals surface area (Å²) in [7, 11) is 0. The van der Waals surface area contributed by atoms with Crippen LogP contribution in [0, 0.1) is 0 Å². The molecule has 1 aliphatic carbocycles. The monoisotopic (exact) mass is 203 g/mol. The van der Waals surface area contributed by atoms with Gasteiger partial charge in [-0.1, -0.05) is 25.0 Å². The molecule has 0 aromatic carbocycles. The minimum Gasteiger partial charge on any atom is -0.389 e. The van der Waals surface area contributed by atoms with E-state index in [1.165, 1.54) is 0 Å². The quantitative estimate of drug-likeness (QED) is 0.405. The average Bonchev–Trinajstić information content (AvgIpc) is 2.53. The van der Waals surface area contributed by atoms with E-state index in [0.717, 1.165) is 32.2 Å². The van der Waals surface area contributed by atoms with Crippen LogP contribution in [0.3, 0.4) is 0 Å². The Morgan fingerprint density at radius 1 is 1.31 bits per heavy atom. The van der Waals surface area contributed by atoms with E-state index < -0.39 is 5.60 Å². The Kier molecular flexibility index (Phi) is 4.78. The molecule has 2 N–H and O–H groups in total. The summed E-state index contributed by atoms with van der Waals surface area (Å²) in [6.45, 7) is 1.51. The van der Waals surface area contributed by atoms with Crippen LogP contribution in [-0.2, 0) is 0 Å². The minimum atomic E-state index is -0.436. The van der Waals surface area contributed by atoms with Crippen molar-refractivity contribution in [3.63, 3.8) is 0 Å². The first-order chi connectivity index (χ1) is 6.27. The van der Waals surface area contributed by atoms with E-state index in [1.54, 1.807) is 0 Å². The first-order valence-corrected chi connectivity index (χ1v) is 5.44. The van der Waals surface area contributed by atoms with E-state index in [4.69, 9.17) is 11.6 Å². The Labute approximate surface area is 85.0 Å². The van der Waals surface area contributed by atoms with Crippen LogP contribution >= 0.6 is 11.6 Å². The van der Waals surface area contributed by atoms with Gasteiger partial charge in [-0.15, -0.1) is 11.6 Å². The third-order valence-corrected chi connectivity index (χ3v) is 2.68. The smallest absolute Gasteiger partial charge is 0.0771 e. The Hall–Kier alpha value is -0.0500. The van der Waals surface area contributed by atoms with Crippen molar-refractivity contribution < 1.29 is 5.11 Å². The second-order valence-corrected chi connectivity index (χ2v) is 4.00. The lowest BCUT2D eigenvalue weighted by Gasteiger charge is -2.21. The van der Waals surface area contributed by atoms with Crippen LogP contribution in [0.2, 0.25) is 0 Å². The molecule has 0 aromatic heterocycles. The topological polar surface area (TPSA) is 32.3 Å². The van der Waals surface area contributed by atoms with Gasteiger partial charge in [-0.25, -0.2) is 0 Å². The van der Waals surface area contributed by atoms with Gasteiger partial charge in [-0.3, -0.25) is 0 Å². The highest BCUT2D eigenvalue weighted by Crippen LogP contribution is 2.28. The molecule has 3 heteroatoms. The van der Waals surface area contributed by atoms with Gasteiger partial charge in [-0.05, 0) is 12.8 Å². The SMILES string of the molecule is OC1(CNC/C=C/CCl)CCCC1. The normalized spacial score (nSPS) is 21.4. The predicted molar refractivity (Wildman–Crippen MR) is 56.1 cm³/mol. The molecule has 0 unspecified atom stereocenters. The van der Waals surface area contributed by atoms with E-state index in [-0.39, 0.29) is 0 Å². The lowest BCUT2D eigenvalue weighted by Crippen LogP contribution is -2.37. The maximum absolute atomic E-state index is 9.94. The second-order valence-electron chi connectivity index (χ2n) is 3.69. The second kappa shape index (κ2) is 5.63. The van der Waals surface area contributed by atoms with Gasteiger partial charge in [0.25, 0.3) is 0 Å². The van der Waals surface area contributed by atoms with Crippen molar-refractivity contribution in [3.05, 3.63) is 12.2 Å². The molecule has 2 nitrogen and oxygen atoms in total. The van der Waals surface area contributed by atoms with E-state index in [2.05, 4.69) is 5.32 Å². The molecule has 0 aromatic rings. The van der Waals surface area contributed by atoms with Crippen molar-refractivity contribution in [2.24, 2.45) is 0 Å². The fourth-order valence-corrected chi connectivity index (χ4v) is 1.87. The van der Waals surface area contributed by atoms with Gasteiger partial charge in [0.15, 0.2) is 0 Å². The third kappa shape index (κ3) is 4.12. The molecule has 1 rings (SSSR count). The Morgan fingerprint density at radius 2 is 2.00 bits per heavy atom. The fraction of sp³-hybridized carbons (Fsp3) is 0.800. The van der Waals surface area contributed by atoms with Crippen molar-refractivity contribution in [2.75, 3.05) is 19.0 Å². The number of aliphatic hydroxyl groups is 1. The molecule has 1 fully saturated rings. The highest BCUT2D eigenvalue weighted by Gasteiger charge is 2.29. The molecule has 0 aliphatic heterocycles. The van der Waals surface area contributed by atoms with Crippen LogP contribution in [0.15, 0.2) is 12.2 Å². The van der Waals surface area contributed by atoms with Crippen LogP contribution < -0.4 is 5.32 Å². The number of hydrogen-bond donors (Lipinski definition) is 2. The summed E-state index contributed by atoms with van der Waals surface area (Å²) in [6, 6.07) is 0. The molecule has 0 heterocycles. The predicted octanol–water partition coefficient (Wildman–Crippen LogP) is 1.68. The number of hydrogen-bond acceptors (Lipinski definition) is 2. The van der Waals surface area contributed by atoms with Gasteiger partial charge in [0.1, 0.15) is 0 Å². The summed E-state index contributed by atoms with van der Waals surface area (Å²) in [5.41, 5.74) is -0.436. The molecule has 0 saturated heterocycles. The average molecular weight is 204 g/mol. The summed E-state index contributed by atoms with van der Waals surface area (Å²) >= 11 is 5.47. The van der Waals surface area contributed by atoms with Gasteiger partial charge in [0, 0.05) is 19.0 Å². The fourth-order valence-electron chi connectivity index (χ4n) is 1.74. The highest BCUT2D eigenvalue weighted by molar-refractivity contribution is 6.18. The molecule has 76 valence electrons. The summed E-state index contributed by atoms with van der Waals surface area (Å²) in [6.07, 6.45) is 8.11. The lowest BCUT2D eigenvalue weighted by atomic mass is 10.0. The van der Waals surface area contributed by atoms with Crippen LogP contribution in [0.25, 0.3) is 0 Å². The Bertz CT molecular complexity index is 164. The molecule has 0 spiro atoms. The summed E-state index contributed by atoms with van der Waals surface area (Å²) < 4.78 is 0. The first-order valence-electron chi connectivity index (χ1n) is 4.91. The van der Waals surface area contributed by atoms with E-state index in [9.17, 15) is 5.11 Å². The zero-order valence-electron chi connectivity index (χ0n) is 7.93. The molecule has 0 atom stereocenters. The molecular formula is C10H18ClNO. The van der Waals surface area contributed by atoms with Crippen molar-refractivity contribution in [2.45, 2.75) is 31.3 Å². The van der Waals surface area contributed by atoms with E-state index >= 15 is 0 Å². The van der Waals surface area contributed by atoms with Gasteiger partial charge in [0.05, 0.1) is 5.60 Å². The zero-order chi connectivity index (χ0) is 9.57. The molecule has 1 saturated carbocycles. The molecule has 0 bridgehead atoms. The van der Waals surface area contributed by atoms with Crippen LogP contribution in [0.5, 0.6) is 0 Å². The molecule has 0 amide bonds. The molecular weight excluding hydrogens is 186 g/mol. The lowest BCUT2D eigenvalue weighted by molar-refractivity contribution is 0.0488. The summed E-state index contributed by atoms with van der Waals surface area (Å²) in [4.78, 5) is 0. The van der Waals surface area contributed by atoms with Gasteiger partial charge in [-0.2, -0.15) is 0 Å². The number of rotatable bonds is 5. The first kappa shape index (κ1) is 11.0. The van der Waals surface area contributed by atoms with Gasteiger partial charge < -0.3 is 10.4 Å². The zero-order valence-corrected chi connectivity index (χ0v) is 8.69. The largest absolute Gasteiger partial charge is 0.389 e. The maximum atomic E-state index is 9.94. The molecule has 13 heavy (non-hydrogen) atoms. The van der Waals surface area contributed by atoms with Crippen molar-refractivity contribution in [1.29, 1.82) is 0 Å². The van der Waals surface area contributed by atoms with Crippen molar-refractivity contribution >= 4 is 11.6 Å². The molecule has 0 radical (unpaired) electrons. The van der Waals surface area contributed by atoms with Crippen LogP contribution in [0.4, 0.5) is 0 Å². The number of allylic oxidation sites excluding steroid dienone is 1. The third-order valence-electron chi connectivity index (χ3n) is 2.51. The summed E-state index contributed by atoms with van der Waals surface area (Å²) in [5, 5.41) is 13.1. The van der Waals surface area contributed by atoms with Crippen molar-refractivity contribution in [1.82, 2.24) is 5.32 Å². The highest BCUT2D eigenvalue weighted by atomic mass is 35.5. The minimum absolute atomic E-state index is 0.436. The van der Waals surface area contributed by atoms with Crippen LogP contribution in [0.1, 0.15) is 25.7 Å². The van der Waals surface area contributed by atoms with E-state index in [1.807, 2.05) is 12.2 Å². The number of alkyl halides is 1. The number of nitrogens with one attached hydrogen (secondary N) is 1. The van der Waals surface area contributed by atoms with Gasteiger partial charge in [0.2, 0.25) is 0 Å². The standard InChI is InChI=1S/C10H18ClNO/c11-7-3-4-8-12-9-10(13)5-1-2-6-10/h3-4,12-13H,1-2,5-9H2/b4-3+. The number of halogens is 1. The Balaban J connectivity index is 2.07. The molecule has 1 aliphatic rings. The Morgan fingerprint density at radius 3 is 2.62 bits per heavy atom. The van der Waals surface area contributed by atoms with Crippen LogP contribution in [-0.4, -0.2) is 29.7 Å². The summed E-state index contributed by atoms with van der Waals surface area (Å²) in [5.74, 6) is 0.561. The van der Waals surface area contributed by atoms with Crippen molar-refractivity contribution in [3.8, 4) is 0 Å². The van der Waals surface area contributed by atoms with Gasteiger partial charge >= 0.3 is 0 Å². The maximum Gasteiger partial charge on any atom is 0.0771 e. The van der Waals surface area contributed by atoms with E-state index in [0.29, 0.717) is 12.4 Å².